The van der Waals surface area contributed by atoms with Crippen LogP contribution >= 0.6 is 27.5 Å². The molecule has 0 fully saturated rings. The van der Waals surface area contributed by atoms with E-state index in [1.54, 1.807) is 23.1 Å². The molecule has 36 heavy (non-hydrogen) atoms. The zero-order chi connectivity index (χ0) is 25.9. The predicted molar refractivity (Wildman–Crippen MR) is 148 cm³/mol. The third-order valence-electron chi connectivity index (χ3n) is 5.82. The van der Waals surface area contributed by atoms with E-state index < -0.39 is 6.04 Å². The molecule has 0 unspecified atom stereocenters. The van der Waals surface area contributed by atoms with Gasteiger partial charge in [0.25, 0.3) is 5.91 Å². The van der Waals surface area contributed by atoms with Crippen LogP contribution in [-0.2, 0) is 22.6 Å². The number of unbranched alkanes of at least 4 members (excludes halogenated alkanes) is 1. The molecule has 3 rings (SSSR count). The van der Waals surface area contributed by atoms with Gasteiger partial charge in [-0.25, -0.2) is 0 Å². The van der Waals surface area contributed by atoms with Crippen molar-refractivity contribution in [2.24, 2.45) is 0 Å². The number of nitrogens with one attached hydrogen (secondary N) is 1. The SMILES string of the molecule is CCCCNC(=O)[C@@H](Cc1ccccc1)N(Cc1ccc(C)cc1)C(=O)COc1ccc(Cl)cc1Br. The van der Waals surface area contributed by atoms with Crippen molar-refractivity contribution in [3.8, 4) is 5.75 Å². The maximum Gasteiger partial charge on any atom is 0.261 e. The fourth-order valence-electron chi connectivity index (χ4n) is 3.76. The molecule has 3 aromatic carbocycles. The van der Waals surface area contributed by atoms with Crippen LogP contribution in [0.1, 0.15) is 36.5 Å². The Hall–Kier alpha value is -2.83. The Morgan fingerprint density at radius 2 is 1.75 bits per heavy atom. The highest BCUT2D eigenvalue weighted by atomic mass is 79.9. The Labute approximate surface area is 226 Å². The number of carbonyl (C=O) groups excluding carboxylic acids is 2. The minimum absolute atomic E-state index is 0.166. The summed E-state index contributed by atoms with van der Waals surface area (Å²) >= 11 is 9.46. The first-order chi connectivity index (χ1) is 17.4. The molecule has 5 nitrogen and oxygen atoms in total. The van der Waals surface area contributed by atoms with E-state index in [0.29, 0.717) is 34.8 Å². The zero-order valence-corrected chi connectivity index (χ0v) is 23.0. The monoisotopic (exact) mass is 570 g/mol. The molecule has 1 N–H and O–H groups in total. The molecular formula is C29H32BrClN2O3. The first-order valence-electron chi connectivity index (χ1n) is 12.1. The highest BCUT2D eigenvalue weighted by molar-refractivity contribution is 9.10. The molecule has 0 spiro atoms. The second-order valence-electron chi connectivity index (χ2n) is 8.72. The van der Waals surface area contributed by atoms with Crippen LogP contribution in [0.2, 0.25) is 5.02 Å². The lowest BCUT2D eigenvalue weighted by Gasteiger charge is -2.31. The molecule has 0 aliphatic rings. The van der Waals surface area contributed by atoms with Crippen molar-refractivity contribution >= 4 is 39.3 Å². The smallest absolute Gasteiger partial charge is 0.261 e. The van der Waals surface area contributed by atoms with E-state index in [1.807, 2.05) is 61.5 Å². The molecule has 1 atom stereocenters. The highest BCUT2D eigenvalue weighted by Gasteiger charge is 2.30. The Balaban J connectivity index is 1.88. The average molecular weight is 572 g/mol. The Bertz CT molecular complexity index is 1140. The largest absolute Gasteiger partial charge is 0.483 e. The van der Waals surface area contributed by atoms with Crippen molar-refractivity contribution in [2.45, 2.75) is 45.7 Å². The molecule has 0 radical (unpaired) electrons. The lowest BCUT2D eigenvalue weighted by molar-refractivity contribution is -0.142. The summed E-state index contributed by atoms with van der Waals surface area (Å²) in [6, 6.07) is 22.2. The van der Waals surface area contributed by atoms with E-state index in [9.17, 15) is 9.59 Å². The Morgan fingerprint density at radius 1 is 1.03 bits per heavy atom. The van der Waals surface area contributed by atoms with Gasteiger partial charge in [-0.3, -0.25) is 9.59 Å². The molecule has 0 aliphatic heterocycles. The van der Waals surface area contributed by atoms with E-state index in [0.717, 1.165) is 29.5 Å². The van der Waals surface area contributed by atoms with Crippen molar-refractivity contribution in [2.75, 3.05) is 13.2 Å². The highest BCUT2D eigenvalue weighted by Crippen LogP contribution is 2.28. The first-order valence-corrected chi connectivity index (χ1v) is 13.3. The summed E-state index contributed by atoms with van der Waals surface area (Å²) in [5.41, 5.74) is 3.06. The number of nitrogens with zero attached hydrogens (tertiary/aromatic N) is 1. The standard InChI is InChI=1S/C29H32BrClN2O3/c1-3-4-16-32-29(35)26(17-22-8-6-5-7-9-22)33(19-23-12-10-21(2)11-13-23)28(34)20-36-27-15-14-24(31)18-25(27)30/h5-15,18,26H,3-4,16-17,19-20H2,1-2H3,(H,32,35)/t26-/m1/s1. The van der Waals surface area contributed by atoms with E-state index >= 15 is 0 Å². The van der Waals surface area contributed by atoms with Crippen molar-refractivity contribution in [3.05, 3.63) is 99.0 Å². The summed E-state index contributed by atoms with van der Waals surface area (Å²) < 4.78 is 6.50. The second kappa shape index (κ2) is 14.0. The van der Waals surface area contributed by atoms with E-state index in [1.165, 1.54) is 0 Å². The van der Waals surface area contributed by atoms with E-state index in [-0.39, 0.29) is 18.4 Å². The Morgan fingerprint density at radius 3 is 2.42 bits per heavy atom. The van der Waals surface area contributed by atoms with Crippen molar-refractivity contribution in [1.82, 2.24) is 10.2 Å². The topological polar surface area (TPSA) is 58.6 Å². The van der Waals surface area contributed by atoms with Gasteiger partial charge in [0.15, 0.2) is 6.61 Å². The number of amides is 2. The maximum absolute atomic E-state index is 13.6. The fraction of sp³-hybridized carbons (Fsp3) is 0.310. The third kappa shape index (κ3) is 8.38. The molecule has 3 aromatic rings. The van der Waals surface area contributed by atoms with Gasteiger partial charge in [-0.05, 0) is 58.6 Å². The van der Waals surface area contributed by atoms with Crippen LogP contribution in [0.15, 0.2) is 77.3 Å². The first kappa shape index (κ1) is 27.8. The summed E-state index contributed by atoms with van der Waals surface area (Å²) in [6.07, 6.45) is 2.25. The van der Waals surface area contributed by atoms with Crippen LogP contribution in [0.25, 0.3) is 0 Å². The molecule has 0 aromatic heterocycles. The number of halogens is 2. The quantitative estimate of drug-likeness (QED) is 0.258. The number of ether oxygens (including phenoxy) is 1. The van der Waals surface area contributed by atoms with Gasteiger partial charge in [0.1, 0.15) is 11.8 Å². The number of hydrogen-bond acceptors (Lipinski definition) is 3. The van der Waals surface area contributed by atoms with E-state index in [2.05, 4.69) is 28.2 Å². The normalized spacial score (nSPS) is 11.6. The predicted octanol–water partition coefficient (Wildman–Crippen LogP) is 6.35. The lowest BCUT2D eigenvalue weighted by Crippen LogP contribution is -2.51. The average Bonchev–Trinajstić information content (AvgIpc) is 2.87. The van der Waals surface area contributed by atoms with Gasteiger partial charge in [0.05, 0.1) is 4.47 Å². The molecule has 0 bridgehead atoms. The van der Waals surface area contributed by atoms with Gasteiger partial charge >= 0.3 is 0 Å². The van der Waals surface area contributed by atoms with Crippen LogP contribution < -0.4 is 10.1 Å². The van der Waals surface area contributed by atoms with Gasteiger partial charge in [-0.2, -0.15) is 0 Å². The summed E-state index contributed by atoms with van der Waals surface area (Å²) in [4.78, 5) is 28.6. The zero-order valence-electron chi connectivity index (χ0n) is 20.7. The number of benzene rings is 3. The lowest BCUT2D eigenvalue weighted by atomic mass is 10.0. The fourth-order valence-corrected chi connectivity index (χ4v) is 4.56. The van der Waals surface area contributed by atoms with Gasteiger partial charge < -0.3 is 15.0 Å². The van der Waals surface area contributed by atoms with E-state index in [4.69, 9.17) is 16.3 Å². The van der Waals surface area contributed by atoms with Gasteiger partial charge in [-0.15, -0.1) is 0 Å². The third-order valence-corrected chi connectivity index (χ3v) is 6.67. The molecule has 0 aliphatic carbocycles. The summed E-state index contributed by atoms with van der Waals surface area (Å²) in [6.45, 7) is 4.75. The molecule has 0 saturated carbocycles. The van der Waals surface area contributed by atoms with Gasteiger partial charge in [0, 0.05) is 24.5 Å². The van der Waals surface area contributed by atoms with Crippen molar-refractivity contribution < 1.29 is 14.3 Å². The summed E-state index contributed by atoms with van der Waals surface area (Å²) in [5.74, 6) is 0.0690. The minimum atomic E-state index is -0.685. The van der Waals surface area contributed by atoms with Crippen LogP contribution in [0.4, 0.5) is 0 Å². The van der Waals surface area contributed by atoms with Crippen molar-refractivity contribution in [1.29, 1.82) is 0 Å². The molecule has 190 valence electrons. The molecular weight excluding hydrogens is 540 g/mol. The number of rotatable bonds is 12. The number of hydrogen-bond donors (Lipinski definition) is 1. The van der Waals surface area contributed by atoms with Crippen LogP contribution in [0.5, 0.6) is 5.75 Å². The number of carbonyl (C=O) groups is 2. The van der Waals surface area contributed by atoms with Crippen LogP contribution in [0, 0.1) is 6.92 Å². The van der Waals surface area contributed by atoms with Gasteiger partial charge in [-0.1, -0.05) is 85.1 Å². The summed E-state index contributed by atoms with van der Waals surface area (Å²) in [7, 11) is 0. The number of aryl methyl sites for hydroxylation is 1. The Kier molecular flexibility index (Phi) is 10.8. The molecule has 0 saturated heterocycles. The maximum atomic E-state index is 13.6. The van der Waals surface area contributed by atoms with Gasteiger partial charge in [0.2, 0.25) is 5.91 Å². The molecule has 2 amide bonds. The van der Waals surface area contributed by atoms with Crippen LogP contribution in [-0.4, -0.2) is 35.9 Å². The summed E-state index contributed by atoms with van der Waals surface area (Å²) in [5, 5.41) is 3.59. The second-order valence-corrected chi connectivity index (χ2v) is 10.0. The molecule has 7 heteroatoms. The van der Waals surface area contributed by atoms with Crippen LogP contribution in [0.3, 0.4) is 0 Å². The minimum Gasteiger partial charge on any atom is -0.483 e. The van der Waals surface area contributed by atoms with Crippen molar-refractivity contribution in [3.63, 3.8) is 0 Å². The molecule has 0 heterocycles.